The molecular formula is C9H7F2N3. The zero-order valence-electron chi connectivity index (χ0n) is 7.41. The maximum Gasteiger partial charge on any atom is 0.166 e. The lowest BCUT2D eigenvalue weighted by Gasteiger charge is -2.01. The molecule has 0 unspecified atom stereocenters. The van der Waals surface area contributed by atoms with Gasteiger partial charge in [0.05, 0.1) is 5.56 Å². The molecule has 2 aromatic rings. The number of aromatic nitrogens is 3. The lowest BCUT2D eigenvalue weighted by Crippen LogP contribution is -1.94. The average molecular weight is 195 g/mol. The zero-order valence-corrected chi connectivity index (χ0v) is 7.41. The fraction of sp³-hybridized carbons (Fsp3) is 0.111. The third-order valence-corrected chi connectivity index (χ3v) is 1.88. The molecule has 0 spiro atoms. The van der Waals surface area contributed by atoms with Gasteiger partial charge in [-0.3, -0.25) is 0 Å². The Labute approximate surface area is 79.0 Å². The van der Waals surface area contributed by atoms with Crippen molar-refractivity contribution < 1.29 is 8.78 Å². The Morgan fingerprint density at radius 1 is 1.29 bits per heavy atom. The van der Waals surface area contributed by atoms with Gasteiger partial charge in [0, 0.05) is 13.1 Å². The van der Waals surface area contributed by atoms with Gasteiger partial charge in [-0.25, -0.2) is 8.78 Å². The predicted octanol–water partition coefficient (Wildman–Crippen LogP) is 1.76. The van der Waals surface area contributed by atoms with E-state index in [9.17, 15) is 8.78 Å². The monoisotopic (exact) mass is 195 g/mol. The van der Waals surface area contributed by atoms with Crippen LogP contribution in [0.15, 0.2) is 24.5 Å². The van der Waals surface area contributed by atoms with Crippen molar-refractivity contribution >= 4 is 0 Å². The van der Waals surface area contributed by atoms with E-state index in [2.05, 4.69) is 10.2 Å². The summed E-state index contributed by atoms with van der Waals surface area (Å²) >= 11 is 0. The molecule has 2 rings (SSSR count). The highest BCUT2D eigenvalue weighted by Gasteiger charge is 2.10. The molecule has 1 heterocycles. The molecule has 14 heavy (non-hydrogen) atoms. The second-order valence-electron chi connectivity index (χ2n) is 2.89. The van der Waals surface area contributed by atoms with Crippen molar-refractivity contribution in [3.05, 3.63) is 36.2 Å². The fourth-order valence-corrected chi connectivity index (χ4v) is 1.20. The Kier molecular flexibility index (Phi) is 1.99. The third-order valence-electron chi connectivity index (χ3n) is 1.88. The van der Waals surface area contributed by atoms with Crippen LogP contribution in [0.3, 0.4) is 0 Å². The highest BCUT2D eigenvalue weighted by Crippen LogP contribution is 2.20. The van der Waals surface area contributed by atoms with Crippen LogP contribution in [0.2, 0.25) is 0 Å². The quantitative estimate of drug-likeness (QED) is 0.694. The van der Waals surface area contributed by atoms with Crippen molar-refractivity contribution in [2.75, 3.05) is 0 Å². The molecule has 0 aliphatic rings. The van der Waals surface area contributed by atoms with Crippen molar-refractivity contribution in [3.8, 4) is 11.4 Å². The Hall–Kier alpha value is -1.78. The van der Waals surface area contributed by atoms with Gasteiger partial charge in [-0.1, -0.05) is 0 Å². The van der Waals surface area contributed by atoms with Crippen LogP contribution in [-0.2, 0) is 7.05 Å². The lowest BCUT2D eigenvalue weighted by atomic mass is 10.2. The lowest BCUT2D eigenvalue weighted by molar-refractivity contribution is 0.584. The van der Waals surface area contributed by atoms with E-state index >= 15 is 0 Å². The SMILES string of the molecule is Cn1cnnc1-c1ccc(F)cc1F. The number of benzene rings is 1. The van der Waals surface area contributed by atoms with Crippen LogP contribution < -0.4 is 0 Å². The van der Waals surface area contributed by atoms with Crippen molar-refractivity contribution in [1.82, 2.24) is 14.8 Å². The summed E-state index contributed by atoms with van der Waals surface area (Å²) in [5.74, 6) is -0.864. The summed E-state index contributed by atoms with van der Waals surface area (Å²) in [6.45, 7) is 0. The first-order valence-corrected chi connectivity index (χ1v) is 3.98. The highest BCUT2D eigenvalue weighted by atomic mass is 19.1. The number of hydrogen-bond acceptors (Lipinski definition) is 2. The molecule has 0 aliphatic heterocycles. The van der Waals surface area contributed by atoms with E-state index < -0.39 is 11.6 Å². The molecule has 3 nitrogen and oxygen atoms in total. The molecule has 5 heteroatoms. The minimum absolute atomic E-state index is 0.242. The molecule has 0 saturated heterocycles. The maximum absolute atomic E-state index is 13.3. The van der Waals surface area contributed by atoms with Gasteiger partial charge in [0.25, 0.3) is 0 Å². The topological polar surface area (TPSA) is 30.7 Å². The molecule has 0 fully saturated rings. The average Bonchev–Trinajstić information content (AvgIpc) is 2.52. The molecular weight excluding hydrogens is 188 g/mol. The van der Waals surface area contributed by atoms with Crippen LogP contribution in [0, 0.1) is 11.6 Å². The van der Waals surface area contributed by atoms with Crippen LogP contribution in [0.25, 0.3) is 11.4 Å². The number of halogens is 2. The number of nitrogens with zero attached hydrogens (tertiary/aromatic N) is 3. The fourth-order valence-electron chi connectivity index (χ4n) is 1.20. The van der Waals surface area contributed by atoms with Gasteiger partial charge >= 0.3 is 0 Å². The smallest absolute Gasteiger partial charge is 0.166 e. The molecule has 1 aromatic heterocycles. The van der Waals surface area contributed by atoms with E-state index in [0.29, 0.717) is 5.82 Å². The molecule has 0 radical (unpaired) electrons. The summed E-state index contributed by atoms with van der Waals surface area (Å²) in [6.07, 6.45) is 1.46. The van der Waals surface area contributed by atoms with Gasteiger partial charge in [-0.15, -0.1) is 10.2 Å². The molecule has 0 saturated carbocycles. The molecule has 0 atom stereocenters. The van der Waals surface area contributed by atoms with E-state index in [4.69, 9.17) is 0 Å². The van der Waals surface area contributed by atoms with Gasteiger partial charge in [0.1, 0.15) is 18.0 Å². The van der Waals surface area contributed by atoms with E-state index in [1.165, 1.54) is 18.5 Å². The Bertz CT molecular complexity index is 465. The summed E-state index contributed by atoms with van der Waals surface area (Å²) in [4.78, 5) is 0. The first-order chi connectivity index (χ1) is 6.68. The van der Waals surface area contributed by atoms with Gasteiger partial charge in [-0.05, 0) is 12.1 Å². The number of aryl methyl sites for hydroxylation is 1. The van der Waals surface area contributed by atoms with Crippen molar-refractivity contribution in [2.24, 2.45) is 7.05 Å². The number of rotatable bonds is 1. The maximum atomic E-state index is 13.3. The van der Waals surface area contributed by atoms with Crippen molar-refractivity contribution in [1.29, 1.82) is 0 Å². The van der Waals surface area contributed by atoms with E-state index in [0.717, 1.165) is 6.07 Å². The normalized spacial score (nSPS) is 10.5. The first kappa shape index (κ1) is 8.80. The second kappa shape index (κ2) is 3.17. The minimum Gasteiger partial charge on any atom is -0.317 e. The highest BCUT2D eigenvalue weighted by molar-refractivity contribution is 5.55. The zero-order chi connectivity index (χ0) is 10.1. The van der Waals surface area contributed by atoms with Gasteiger partial charge in [-0.2, -0.15) is 0 Å². The predicted molar refractivity (Wildman–Crippen MR) is 46.4 cm³/mol. The molecule has 0 bridgehead atoms. The second-order valence-corrected chi connectivity index (χ2v) is 2.89. The van der Waals surface area contributed by atoms with Crippen LogP contribution in [0.5, 0.6) is 0 Å². The molecule has 0 N–H and O–H groups in total. The summed E-state index contributed by atoms with van der Waals surface area (Å²) in [6, 6.07) is 3.35. The standard InChI is InChI=1S/C9H7F2N3/c1-14-5-12-13-9(14)7-3-2-6(10)4-8(7)11/h2-5H,1H3. The Balaban J connectivity index is 2.58. The van der Waals surface area contributed by atoms with Crippen LogP contribution in [0.4, 0.5) is 8.78 Å². The third kappa shape index (κ3) is 1.37. The molecule has 0 aliphatic carbocycles. The van der Waals surface area contributed by atoms with Crippen LogP contribution in [0.1, 0.15) is 0 Å². The van der Waals surface area contributed by atoms with Crippen molar-refractivity contribution in [2.45, 2.75) is 0 Å². The first-order valence-electron chi connectivity index (χ1n) is 3.98. The summed E-state index contributed by atoms with van der Waals surface area (Å²) in [5, 5.41) is 7.34. The van der Waals surface area contributed by atoms with Crippen LogP contribution in [-0.4, -0.2) is 14.8 Å². The largest absolute Gasteiger partial charge is 0.317 e. The van der Waals surface area contributed by atoms with Crippen molar-refractivity contribution in [3.63, 3.8) is 0 Å². The van der Waals surface area contributed by atoms with E-state index in [1.54, 1.807) is 11.6 Å². The molecule has 0 amide bonds. The Morgan fingerprint density at radius 2 is 2.07 bits per heavy atom. The van der Waals surface area contributed by atoms with E-state index in [1.807, 2.05) is 0 Å². The van der Waals surface area contributed by atoms with Crippen LogP contribution >= 0.6 is 0 Å². The van der Waals surface area contributed by atoms with Gasteiger partial charge in [0.15, 0.2) is 5.82 Å². The van der Waals surface area contributed by atoms with Gasteiger partial charge < -0.3 is 4.57 Å². The molecule has 1 aromatic carbocycles. The number of hydrogen-bond donors (Lipinski definition) is 0. The van der Waals surface area contributed by atoms with Gasteiger partial charge in [0.2, 0.25) is 0 Å². The summed E-state index contributed by atoms with van der Waals surface area (Å²) in [5.41, 5.74) is 0.242. The summed E-state index contributed by atoms with van der Waals surface area (Å²) < 4.78 is 27.4. The molecule has 72 valence electrons. The minimum atomic E-state index is -0.638. The Morgan fingerprint density at radius 3 is 2.64 bits per heavy atom. The summed E-state index contributed by atoms with van der Waals surface area (Å²) in [7, 11) is 1.69. The van der Waals surface area contributed by atoms with E-state index in [-0.39, 0.29) is 5.56 Å².